The molecule has 0 aliphatic rings. The molecule has 1 amide bonds. The minimum Gasteiger partial charge on any atom is -0.467 e. The number of methoxy groups -OCH3 is 1. The molecule has 5 heteroatoms. The molecule has 0 fully saturated rings. The Bertz CT molecular complexity index is 493. The molecule has 100 valence electrons. The zero-order valence-corrected chi connectivity index (χ0v) is 11.0. The Morgan fingerprint density at radius 1 is 1.37 bits per heavy atom. The van der Waals surface area contributed by atoms with Crippen LogP contribution in [0.4, 0.5) is 0 Å². The van der Waals surface area contributed by atoms with Gasteiger partial charge in [0.1, 0.15) is 5.54 Å². The first-order valence-electron chi connectivity index (χ1n) is 5.86. The first kappa shape index (κ1) is 14.7. The predicted octanol–water partition coefficient (Wildman–Crippen LogP) is 1.65. The minimum atomic E-state index is -1.20. The number of benzene rings is 1. The molecule has 5 nitrogen and oxygen atoms in total. The zero-order chi connectivity index (χ0) is 14.3. The van der Waals surface area contributed by atoms with Crippen molar-refractivity contribution in [3.8, 4) is 6.07 Å². The van der Waals surface area contributed by atoms with E-state index in [-0.39, 0.29) is 18.7 Å². The quantitative estimate of drug-likeness (QED) is 0.816. The molecular formula is C14H16N2O3. The number of nitrogens with zero attached hydrogens (tertiary/aromatic N) is 1. The highest BCUT2D eigenvalue weighted by Gasteiger charge is 2.35. The van der Waals surface area contributed by atoms with E-state index in [2.05, 4.69) is 10.1 Å². The van der Waals surface area contributed by atoms with Crippen molar-refractivity contribution < 1.29 is 14.3 Å². The number of rotatable bonds is 5. The molecule has 0 aliphatic carbocycles. The van der Waals surface area contributed by atoms with Gasteiger partial charge in [-0.2, -0.15) is 5.26 Å². The van der Waals surface area contributed by atoms with Gasteiger partial charge < -0.3 is 10.1 Å². The standard InChI is InChI=1S/C14H16N2O3/c1-14(9-6-10-15,13(18)19-2)16-12(17)11-7-4-3-5-8-11/h3-5,7-8H,6,9H2,1-2H3,(H,16,17)/t14-/m1/s1. The van der Waals surface area contributed by atoms with Gasteiger partial charge in [0.25, 0.3) is 5.91 Å². The SMILES string of the molecule is COC(=O)[C@@](C)(CCC#N)NC(=O)c1ccccc1. The predicted molar refractivity (Wildman–Crippen MR) is 69.2 cm³/mol. The molecule has 0 aromatic heterocycles. The van der Waals surface area contributed by atoms with Crippen LogP contribution in [0.25, 0.3) is 0 Å². The van der Waals surface area contributed by atoms with Crippen LogP contribution in [0.15, 0.2) is 30.3 Å². The van der Waals surface area contributed by atoms with E-state index in [1.807, 2.05) is 6.07 Å². The maximum Gasteiger partial charge on any atom is 0.331 e. The van der Waals surface area contributed by atoms with Crippen molar-refractivity contribution in [3.63, 3.8) is 0 Å². The smallest absolute Gasteiger partial charge is 0.331 e. The number of ether oxygens (including phenoxy) is 1. The third-order valence-corrected chi connectivity index (χ3v) is 2.80. The molecule has 0 saturated heterocycles. The van der Waals surface area contributed by atoms with Crippen LogP contribution in [0.3, 0.4) is 0 Å². The number of esters is 1. The molecule has 19 heavy (non-hydrogen) atoms. The van der Waals surface area contributed by atoms with Gasteiger partial charge in [0, 0.05) is 12.0 Å². The Morgan fingerprint density at radius 3 is 2.53 bits per heavy atom. The molecule has 0 bridgehead atoms. The first-order chi connectivity index (χ1) is 9.03. The number of hydrogen-bond acceptors (Lipinski definition) is 4. The number of carbonyl (C=O) groups excluding carboxylic acids is 2. The summed E-state index contributed by atoms with van der Waals surface area (Å²) in [5.41, 5.74) is -0.744. The van der Waals surface area contributed by atoms with Gasteiger partial charge in [0.15, 0.2) is 0 Å². The van der Waals surface area contributed by atoms with Crippen molar-refractivity contribution in [2.45, 2.75) is 25.3 Å². The summed E-state index contributed by atoms with van der Waals surface area (Å²) in [6.07, 6.45) is 0.357. The van der Waals surface area contributed by atoms with Gasteiger partial charge in [-0.3, -0.25) is 4.79 Å². The van der Waals surface area contributed by atoms with Crippen LogP contribution in [-0.2, 0) is 9.53 Å². The third-order valence-electron chi connectivity index (χ3n) is 2.80. The highest BCUT2D eigenvalue weighted by Crippen LogP contribution is 2.15. The lowest BCUT2D eigenvalue weighted by Gasteiger charge is -2.27. The lowest BCUT2D eigenvalue weighted by atomic mass is 9.95. The molecule has 0 unspecified atom stereocenters. The molecule has 1 aromatic rings. The summed E-state index contributed by atoms with van der Waals surface area (Å²) in [4.78, 5) is 23.8. The molecule has 0 heterocycles. The molecule has 0 spiro atoms. The second kappa shape index (κ2) is 6.55. The van der Waals surface area contributed by atoms with Crippen LogP contribution in [0.1, 0.15) is 30.1 Å². The maximum absolute atomic E-state index is 12.0. The highest BCUT2D eigenvalue weighted by molar-refractivity contribution is 5.97. The van der Waals surface area contributed by atoms with Crippen molar-refractivity contribution in [2.24, 2.45) is 0 Å². The number of hydrogen-bond donors (Lipinski definition) is 1. The van der Waals surface area contributed by atoms with E-state index in [0.717, 1.165) is 0 Å². The molecule has 1 atom stereocenters. The van der Waals surface area contributed by atoms with Gasteiger partial charge in [0.2, 0.25) is 0 Å². The van der Waals surface area contributed by atoms with E-state index in [9.17, 15) is 9.59 Å². The van der Waals surface area contributed by atoms with Crippen LogP contribution < -0.4 is 5.32 Å². The van der Waals surface area contributed by atoms with Crippen LogP contribution in [0.2, 0.25) is 0 Å². The lowest BCUT2D eigenvalue weighted by Crippen LogP contribution is -2.52. The second-order valence-corrected chi connectivity index (χ2v) is 4.30. The summed E-state index contributed by atoms with van der Waals surface area (Å²) in [5, 5.41) is 11.3. The second-order valence-electron chi connectivity index (χ2n) is 4.30. The monoisotopic (exact) mass is 260 g/mol. The van der Waals surface area contributed by atoms with E-state index < -0.39 is 11.5 Å². The van der Waals surface area contributed by atoms with Crippen molar-refractivity contribution in [2.75, 3.05) is 7.11 Å². The zero-order valence-electron chi connectivity index (χ0n) is 11.0. The Hall–Kier alpha value is -2.35. The van der Waals surface area contributed by atoms with E-state index in [1.165, 1.54) is 7.11 Å². The van der Waals surface area contributed by atoms with Crippen LogP contribution in [0, 0.1) is 11.3 Å². The Morgan fingerprint density at radius 2 is 2.00 bits per heavy atom. The Labute approximate surface area is 112 Å². The van der Waals surface area contributed by atoms with Gasteiger partial charge in [0.05, 0.1) is 13.2 Å². The average Bonchev–Trinajstić information content (AvgIpc) is 2.45. The van der Waals surface area contributed by atoms with Crippen molar-refractivity contribution >= 4 is 11.9 Å². The van der Waals surface area contributed by atoms with Crippen molar-refractivity contribution in [3.05, 3.63) is 35.9 Å². The van der Waals surface area contributed by atoms with Gasteiger partial charge in [-0.05, 0) is 25.5 Å². The molecule has 1 N–H and O–H groups in total. The third kappa shape index (κ3) is 3.81. The first-order valence-corrected chi connectivity index (χ1v) is 5.86. The molecule has 1 aromatic carbocycles. The molecule has 1 rings (SSSR count). The van der Waals surface area contributed by atoms with E-state index in [1.54, 1.807) is 37.3 Å². The number of nitrogens with one attached hydrogen (secondary N) is 1. The normalized spacial score (nSPS) is 12.9. The molecule has 0 aliphatic heterocycles. The van der Waals surface area contributed by atoms with Crippen molar-refractivity contribution in [1.82, 2.24) is 5.32 Å². The van der Waals surface area contributed by atoms with E-state index >= 15 is 0 Å². The summed E-state index contributed by atoms with van der Waals surface area (Å²) in [5.74, 6) is -0.932. The largest absolute Gasteiger partial charge is 0.467 e. The molecular weight excluding hydrogens is 244 g/mol. The van der Waals surface area contributed by atoms with Crippen LogP contribution >= 0.6 is 0 Å². The summed E-state index contributed by atoms with van der Waals surface area (Å²) in [7, 11) is 1.25. The van der Waals surface area contributed by atoms with Crippen LogP contribution in [0.5, 0.6) is 0 Å². The van der Waals surface area contributed by atoms with Crippen LogP contribution in [-0.4, -0.2) is 24.5 Å². The summed E-state index contributed by atoms with van der Waals surface area (Å²) < 4.78 is 4.69. The molecule has 0 radical (unpaired) electrons. The minimum absolute atomic E-state index is 0.153. The van der Waals surface area contributed by atoms with Crippen molar-refractivity contribution in [1.29, 1.82) is 5.26 Å². The van der Waals surface area contributed by atoms with Gasteiger partial charge >= 0.3 is 5.97 Å². The number of carbonyl (C=O) groups is 2. The number of nitriles is 1. The molecule has 0 saturated carbocycles. The van der Waals surface area contributed by atoms with Gasteiger partial charge in [-0.15, -0.1) is 0 Å². The number of amides is 1. The summed E-state index contributed by atoms with van der Waals surface area (Å²) in [6.45, 7) is 1.55. The van der Waals surface area contributed by atoms with Gasteiger partial charge in [-0.1, -0.05) is 18.2 Å². The summed E-state index contributed by atoms with van der Waals surface area (Å²) in [6, 6.07) is 10.5. The fourth-order valence-corrected chi connectivity index (χ4v) is 1.66. The highest BCUT2D eigenvalue weighted by atomic mass is 16.5. The average molecular weight is 260 g/mol. The lowest BCUT2D eigenvalue weighted by molar-refractivity contribution is -0.147. The fraction of sp³-hybridized carbons (Fsp3) is 0.357. The Balaban J connectivity index is 2.87. The van der Waals surface area contributed by atoms with Gasteiger partial charge in [-0.25, -0.2) is 4.79 Å². The summed E-state index contributed by atoms with van der Waals surface area (Å²) >= 11 is 0. The fourth-order valence-electron chi connectivity index (χ4n) is 1.66. The van der Waals surface area contributed by atoms with E-state index in [4.69, 9.17) is 5.26 Å². The maximum atomic E-state index is 12.0. The van der Waals surface area contributed by atoms with E-state index in [0.29, 0.717) is 5.56 Å². The topological polar surface area (TPSA) is 79.2 Å². The Kier molecular flexibility index (Phi) is 5.07.